The standard InChI is InChI=1S/C10H12ClN5/c11-9-8-5-15-16(10(8)14-6-13-9)7-2-1-3-12-4-7/h5-7,12H,1-4H2. The van der Waals surface area contributed by atoms with Crippen molar-refractivity contribution in [2.45, 2.75) is 18.9 Å². The van der Waals surface area contributed by atoms with Gasteiger partial charge in [0.25, 0.3) is 0 Å². The van der Waals surface area contributed by atoms with Gasteiger partial charge in [-0.3, -0.25) is 0 Å². The van der Waals surface area contributed by atoms with E-state index in [4.69, 9.17) is 11.6 Å². The van der Waals surface area contributed by atoms with Gasteiger partial charge in [-0.1, -0.05) is 11.6 Å². The molecule has 16 heavy (non-hydrogen) atoms. The van der Waals surface area contributed by atoms with Crippen LogP contribution < -0.4 is 5.32 Å². The van der Waals surface area contributed by atoms with E-state index in [1.807, 2.05) is 4.68 Å². The molecule has 1 aliphatic rings. The van der Waals surface area contributed by atoms with Crippen molar-refractivity contribution in [3.8, 4) is 0 Å². The molecule has 1 N–H and O–H groups in total. The Bertz CT molecular complexity index is 503. The minimum atomic E-state index is 0.372. The summed E-state index contributed by atoms with van der Waals surface area (Å²) in [6, 6.07) is 0.372. The molecule has 6 heteroatoms. The SMILES string of the molecule is Clc1ncnc2c1cnn2C1CCCNC1. The highest BCUT2D eigenvalue weighted by Gasteiger charge is 2.19. The molecule has 3 heterocycles. The molecule has 0 amide bonds. The van der Waals surface area contributed by atoms with Gasteiger partial charge < -0.3 is 5.32 Å². The first-order valence-corrected chi connectivity index (χ1v) is 5.78. The minimum absolute atomic E-state index is 0.372. The van der Waals surface area contributed by atoms with E-state index in [9.17, 15) is 0 Å². The third-order valence-corrected chi connectivity index (χ3v) is 3.26. The van der Waals surface area contributed by atoms with E-state index in [-0.39, 0.29) is 0 Å². The van der Waals surface area contributed by atoms with E-state index in [0.717, 1.165) is 30.5 Å². The van der Waals surface area contributed by atoms with Crippen LogP contribution in [0.3, 0.4) is 0 Å². The molecular weight excluding hydrogens is 226 g/mol. The molecule has 0 bridgehead atoms. The molecule has 0 aromatic carbocycles. The first-order chi connectivity index (χ1) is 7.86. The number of aromatic nitrogens is 4. The van der Waals surface area contributed by atoms with Gasteiger partial charge >= 0.3 is 0 Å². The third-order valence-electron chi connectivity index (χ3n) is 2.96. The largest absolute Gasteiger partial charge is 0.315 e. The highest BCUT2D eigenvalue weighted by molar-refractivity contribution is 6.33. The molecule has 0 aliphatic carbocycles. The average molecular weight is 238 g/mol. The maximum Gasteiger partial charge on any atom is 0.162 e. The van der Waals surface area contributed by atoms with Crippen molar-refractivity contribution in [1.29, 1.82) is 0 Å². The van der Waals surface area contributed by atoms with Crippen LogP contribution >= 0.6 is 11.6 Å². The number of nitrogens with one attached hydrogen (secondary N) is 1. The topological polar surface area (TPSA) is 55.6 Å². The Hall–Kier alpha value is -1.20. The zero-order chi connectivity index (χ0) is 11.0. The van der Waals surface area contributed by atoms with E-state index in [2.05, 4.69) is 20.4 Å². The number of hydrogen-bond donors (Lipinski definition) is 1. The third kappa shape index (κ3) is 1.56. The molecule has 1 saturated heterocycles. The predicted molar refractivity (Wildman–Crippen MR) is 61.5 cm³/mol. The van der Waals surface area contributed by atoms with E-state index < -0.39 is 0 Å². The Balaban J connectivity index is 2.06. The van der Waals surface area contributed by atoms with Crippen LogP contribution in [0.2, 0.25) is 5.15 Å². The molecule has 1 fully saturated rings. The predicted octanol–water partition coefficient (Wildman–Crippen LogP) is 1.40. The molecule has 0 spiro atoms. The van der Waals surface area contributed by atoms with Gasteiger partial charge in [0.15, 0.2) is 5.65 Å². The van der Waals surface area contributed by atoms with Crippen LogP contribution in [0.4, 0.5) is 0 Å². The molecule has 84 valence electrons. The second-order valence-electron chi connectivity index (χ2n) is 3.99. The Labute approximate surface area is 97.8 Å². The molecule has 3 rings (SSSR count). The molecule has 1 aliphatic heterocycles. The molecule has 0 saturated carbocycles. The van der Waals surface area contributed by atoms with E-state index in [1.54, 1.807) is 6.20 Å². The van der Waals surface area contributed by atoms with Crippen LogP contribution in [-0.2, 0) is 0 Å². The van der Waals surface area contributed by atoms with Crippen molar-refractivity contribution in [2.75, 3.05) is 13.1 Å². The van der Waals surface area contributed by atoms with Gasteiger partial charge in [0.1, 0.15) is 11.5 Å². The molecule has 5 nitrogen and oxygen atoms in total. The van der Waals surface area contributed by atoms with Crippen molar-refractivity contribution < 1.29 is 0 Å². The summed E-state index contributed by atoms with van der Waals surface area (Å²) in [6.07, 6.45) is 5.53. The van der Waals surface area contributed by atoms with E-state index in [0.29, 0.717) is 11.2 Å². The van der Waals surface area contributed by atoms with E-state index in [1.165, 1.54) is 12.7 Å². The molecule has 2 aromatic rings. The summed E-state index contributed by atoms with van der Waals surface area (Å²) in [5.74, 6) is 0. The van der Waals surface area contributed by atoms with Crippen molar-refractivity contribution in [3.63, 3.8) is 0 Å². The minimum Gasteiger partial charge on any atom is -0.315 e. The maximum absolute atomic E-state index is 5.99. The van der Waals surface area contributed by atoms with Gasteiger partial charge in [-0.25, -0.2) is 14.6 Å². The van der Waals surface area contributed by atoms with Crippen LogP contribution in [0.15, 0.2) is 12.5 Å². The summed E-state index contributed by atoms with van der Waals surface area (Å²) in [5, 5.41) is 9.04. The van der Waals surface area contributed by atoms with Crippen molar-refractivity contribution in [2.24, 2.45) is 0 Å². The van der Waals surface area contributed by atoms with Gasteiger partial charge in [0.2, 0.25) is 0 Å². The second-order valence-corrected chi connectivity index (χ2v) is 4.35. The highest BCUT2D eigenvalue weighted by Crippen LogP contribution is 2.23. The van der Waals surface area contributed by atoms with Crippen molar-refractivity contribution in [3.05, 3.63) is 17.7 Å². The number of fused-ring (bicyclic) bond motifs is 1. The van der Waals surface area contributed by atoms with Gasteiger partial charge in [0.05, 0.1) is 17.6 Å². The fraction of sp³-hybridized carbons (Fsp3) is 0.500. The second kappa shape index (κ2) is 3.99. The Morgan fingerprint density at radius 2 is 2.38 bits per heavy atom. The first-order valence-electron chi connectivity index (χ1n) is 5.40. The van der Waals surface area contributed by atoms with E-state index >= 15 is 0 Å². The zero-order valence-corrected chi connectivity index (χ0v) is 9.48. The summed E-state index contributed by atoms with van der Waals surface area (Å²) in [4.78, 5) is 8.21. The normalized spacial score (nSPS) is 21.4. The average Bonchev–Trinajstić information content (AvgIpc) is 2.75. The molecular formula is C10H12ClN5. The van der Waals surface area contributed by atoms with Gasteiger partial charge in [-0.2, -0.15) is 5.10 Å². The lowest BCUT2D eigenvalue weighted by molar-refractivity contribution is 0.353. The number of piperidine rings is 1. The van der Waals surface area contributed by atoms with Gasteiger partial charge in [-0.05, 0) is 19.4 Å². The van der Waals surface area contributed by atoms with Crippen LogP contribution in [-0.4, -0.2) is 32.8 Å². The van der Waals surface area contributed by atoms with Crippen molar-refractivity contribution >= 4 is 22.6 Å². The summed E-state index contributed by atoms with van der Waals surface area (Å²) in [6.45, 7) is 2.03. The Morgan fingerprint density at radius 1 is 1.44 bits per heavy atom. The fourth-order valence-electron chi connectivity index (χ4n) is 2.14. The van der Waals surface area contributed by atoms with Gasteiger partial charge in [0, 0.05) is 6.54 Å². The summed E-state index contributed by atoms with van der Waals surface area (Å²) in [5.41, 5.74) is 0.828. The molecule has 2 aromatic heterocycles. The highest BCUT2D eigenvalue weighted by atomic mass is 35.5. The van der Waals surface area contributed by atoms with Crippen LogP contribution in [0.1, 0.15) is 18.9 Å². The van der Waals surface area contributed by atoms with Crippen LogP contribution in [0.25, 0.3) is 11.0 Å². The summed E-state index contributed by atoms with van der Waals surface area (Å²) >= 11 is 5.99. The summed E-state index contributed by atoms with van der Waals surface area (Å²) in [7, 11) is 0. The Kier molecular flexibility index (Phi) is 2.49. The van der Waals surface area contributed by atoms with Crippen LogP contribution in [0.5, 0.6) is 0 Å². The number of hydrogen-bond acceptors (Lipinski definition) is 4. The fourth-order valence-corrected chi connectivity index (χ4v) is 2.32. The smallest absolute Gasteiger partial charge is 0.162 e. The maximum atomic E-state index is 5.99. The number of nitrogens with zero attached hydrogens (tertiary/aromatic N) is 4. The molecule has 1 atom stereocenters. The zero-order valence-electron chi connectivity index (χ0n) is 8.73. The lowest BCUT2D eigenvalue weighted by Gasteiger charge is -2.23. The molecule has 1 unspecified atom stereocenters. The summed E-state index contributed by atoms with van der Waals surface area (Å²) < 4.78 is 1.95. The number of halogens is 1. The monoisotopic (exact) mass is 237 g/mol. The van der Waals surface area contributed by atoms with Crippen molar-refractivity contribution in [1.82, 2.24) is 25.1 Å². The molecule has 0 radical (unpaired) electrons. The quantitative estimate of drug-likeness (QED) is 0.762. The lowest BCUT2D eigenvalue weighted by Crippen LogP contribution is -2.32. The number of rotatable bonds is 1. The Morgan fingerprint density at radius 3 is 3.19 bits per heavy atom. The van der Waals surface area contributed by atoms with Gasteiger partial charge in [-0.15, -0.1) is 0 Å². The van der Waals surface area contributed by atoms with Crippen LogP contribution in [0, 0.1) is 0 Å². The first kappa shape index (κ1) is 9.99. The lowest BCUT2D eigenvalue weighted by atomic mass is 10.1.